The number of hydrogen-bond acceptors (Lipinski definition) is 6. The average molecular weight is 416 g/mol. The van der Waals surface area contributed by atoms with Gasteiger partial charge in [-0.3, -0.25) is 4.79 Å². The molecule has 2 aliphatic carbocycles. The lowest BCUT2D eigenvalue weighted by molar-refractivity contribution is -0.146. The Hall–Kier alpha value is -1.63. The van der Waals surface area contributed by atoms with Crippen molar-refractivity contribution in [3.63, 3.8) is 0 Å². The van der Waals surface area contributed by atoms with Gasteiger partial charge in [-0.1, -0.05) is 32.4 Å². The smallest absolute Gasteiger partial charge is 0.311 e. The number of carbonyl (C=O) groups is 1. The largest absolute Gasteiger partial charge is 0.508 e. The lowest BCUT2D eigenvalue weighted by atomic mass is 9.53. The third kappa shape index (κ3) is 2.91. The maximum absolute atomic E-state index is 12.8. The fraction of sp³-hybridized carbons (Fsp3) is 0.708. The molecule has 0 radical (unpaired) electrons. The summed E-state index contributed by atoms with van der Waals surface area (Å²) in [6.45, 7) is 5.56. The SMILES string of the molecule is CC1CCCC2(C)CC3OC(=O)C(CN(C)CC(O)c4cccc(O)c4)C3C3OC132. The van der Waals surface area contributed by atoms with Crippen LogP contribution < -0.4 is 0 Å². The van der Waals surface area contributed by atoms with Crippen LogP contribution in [0.1, 0.15) is 51.2 Å². The van der Waals surface area contributed by atoms with Gasteiger partial charge in [-0.2, -0.15) is 0 Å². The van der Waals surface area contributed by atoms with Crippen LogP contribution in [0.15, 0.2) is 24.3 Å². The maximum atomic E-state index is 12.8. The highest BCUT2D eigenvalue weighted by molar-refractivity contribution is 5.76. The fourth-order valence-electron chi connectivity index (χ4n) is 6.99. The number of hydrogen-bond donors (Lipinski definition) is 2. The zero-order chi connectivity index (χ0) is 21.3. The summed E-state index contributed by atoms with van der Waals surface area (Å²) in [6, 6.07) is 6.68. The van der Waals surface area contributed by atoms with E-state index in [9.17, 15) is 15.0 Å². The quantitative estimate of drug-likeness (QED) is 0.568. The average Bonchev–Trinajstić information content (AvgIpc) is 3.37. The molecular weight excluding hydrogens is 382 g/mol. The van der Waals surface area contributed by atoms with Gasteiger partial charge in [-0.15, -0.1) is 0 Å². The number of likely N-dealkylation sites (N-methyl/N-ethyl adjacent to an activating group) is 1. The number of aromatic hydroxyl groups is 1. The lowest BCUT2D eigenvalue weighted by Crippen LogP contribution is -2.54. The topological polar surface area (TPSA) is 82.5 Å². The summed E-state index contributed by atoms with van der Waals surface area (Å²) >= 11 is 0. The molecule has 164 valence electrons. The van der Waals surface area contributed by atoms with E-state index in [1.54, 1.807) is 24.3 Å². The number of nitrogens with zero attached hydrogens (tertiary/aromatic N) is 1. The fourth-order valence-corrected chi connectivity index (χ4v) is 6.99. The van der Waals surface area contributed by atoms with Crippen LogP contribution in [-0.2, 0) is 14.3 Å². The van der Waals surface area contributed by atoms with E-state index in [1.165, 1.54) is 12.8 Å². The second-order valence-corrected chi connectivity index (χ2v) is 10.4. The van der Waals surface area contributed by atoms with Crippen LogP contribution in [0.25, 0.3) is 0 Å². The highest BCUT2D eigenvalue weighted by atomic mass is 16.6. The number of phenols is 1. The second-order valence-electron chi connectivity index (χ2n) is 10.4. The molecule has 0 amide bonds. The Morgan fingerprint density at radius 2 is 2.17 bits per heavy atom. The first-order valence-corrected chi connectivity index (χ1v) is 11.3. The molecule has 5 rings (SSSR count). The lowest BCUT2D eigenvalue weighted by Gasteiger charge is -2.49. The van der Waals surface area contributed by atoms with Gasteiger partial charge in [0.05, 0.1) is 18.1 Å². The third-order valence-electron chi connectivity index (χ3n) is 8.44. The van der Waals surface area contributed by atoms with Crippen LogP contribution in [0.2, 0.25) is 0 Å². The van der Waals surface area contributed by atoms with E-state index >= 15 is 0 Å². The molecule has 2 heterocycles. The van der Waals surface area contributed by atoms with Gasteiger partial charge in [-0.05, 0) is 49.9 Å². The molecule has 0 bridgehead atoms. The number of carbonyl (C=O) groups excluding carboxylic acids is 1. The van der Waals surface area contributed by atoms with Crippen molar-refractivity contribution >= 4 is 5.97 Å². The molecule has 6 heteroatoms. The molecule has 4 aliphatic rings. The Balaban J connectivity index is 1.30. The van der Waals surface area contributed by atoms with Gasteiger partial charge in [0.2, 0.25) is 0 Å². The summed E-state index contributed by atoms with van der Waals surface area (Å²) in [4.78, 5) is 14.8. The molecule has 1 spiro atoms. The number of aliphatic hydroxyl groups is 1. The van der Waals surface area contributed by atoms with Gasteiger partial charge in [0.15, 0.2) is 0 Å². The van der Waals surface area contributed by atoms with Gasteiger partial charge in [0, 0.05) is 24.4 Å². The Labute approximate surface area is 178 Å². The van der Waals surface area contributed by atoms with Crippen molar-refractivity contribution in [1.29, 1.82) is 0 Å². The number of phenolic OH excluding ortho intramolecular Hbond substituents is 1. The minimum absolute atomic E-state index is 0.0529. The van der Waals surface area contributed by atoms with Crippen molar-refractivity contribution in [3.05, 3.63) is 29.8 Å². The number of esters is 1. The van der Waals surface area contributed by atoms with Crippen molar-refractivity contribution in [1.82, 2.24) is 4.90 Å². The Morgan fingerprint density at radius 3 is 2.93 bits per heavy atom. The zero-order valence-corrected chi connectivity index (χ0v) is 18.1. The first-order valence-electron chi connectivity index (χ1n) is 11.3. The predicted octanol–water partition coefficient (Wildman–Crippen LogP) is 2.88. The Bertz CT molecular complexity index is 845. The minimum Gasteiger partial charge on any atom is -0.508 e. The number of epoxide rings is 1. The molecule has 1 aromatic rings. The summed E-state index contributed by atoms with van der Waals surface area (Å²) in [5.41, 5.74) is 0.684. The molecule has 0 aromatic heterocycles. The monoisotopic (exact) mass is 415 g/mol. The zero-order valence-electron chi connectivity index (χ0n) is 18.1. The summed E-state index contributed by atoms with van der Waals surface area (Å²) in [5.74, 6) is 0.415. The van der Waals surface area contributed by atoms with Crippen molar-refractivity contribution in [2.75, 3.05) is 20.1 Å². The van der Waals surface area contributed by atoms with Gasteiger partial charge in [0.25, 0.3) is 0 Å². The standard InChI is InChI=1S/C24H33NO5/c1-14-6-5-9-23(2)11-19-20(21-24(14,23)30-21)17(22(28)29-19)12-25(3)13-18(27)15-7-4-8-16(26)10-15/h4,7-8,10,14,17-21,26-27H,5-6,9,11-13H2,1-3H3. The Kier molecular flexibility index (Phi) is 4.69. The van der Waals surface area contributed by atoms with E-state index in [2.05, 4.69) is 13.8 Å². The van der Waals surface area contributed by atoms with E-state index in [1.807, 2.05) is 11.9 Å². The molecule has 8 atom stereocenters. The Morgan fingerprint density at radius 1 is 1.37 bits per heavy atom. The van der Waals surface area contributed by atoms with E-state index in [0.717, 1.165) is 12.8 Å². The maximum Gasteiger partial charge on any atom is 0.311 e. The summed E-state index contributed by atoms with van der Waals surface area (Å²) in [5, 5.41) is 20.2. The van der Waals surface area contributed by atoms with Crippen molar-refractivity contribution in [2.45, 2.75) is 63.4 Å². The van der Waals surface area contributed by atoms with Gasteiger partial charge in [-0.25, -0.2) is 0 Å². The molecular formula is C24H33NO5. The summed E-state index contributed by atoms with van der Waals surface area (Å²) in [7, 11) is 1.92. The van der Waals surface area contributed by atoms with E-state index in [4.69, 9.17) is 9.47 Å². The highest BCUT2D eigenvalue weighted by Crippen LogP contribution is 2.70. The van der Waals surface area contributed by atoms with Gasteiger partial charge < -0.3 is 24.6 Å². The van der Waals surface area contributed by atoms with Crippen LogP contribution in [0, 0.1) is 23.2 Å². The van der Waals surface area contributed by atoms with Crippen LogP contribution in [0.5, 0.6) is 5.75 Å². The van der Waals surface area contributed by atoms with Gasteiger partial charge in [0.1, 0.15) is 17.5 Å². The summed E-state index contributed by atoms with van der Waals surface area (Å²) in [6.07, 6.45) is 3.79. The van der Waals surface area contributed by atoms with Crippen molar-refractivity contribution in [2.24, 2.45) is 23.2 Å². The molecule has 2 saturated carbocycles. The minimum atomic E-state index is -0.730. The van der Waals surface area contributed by atoms with Crippen LogP contribution in [0.4, 0.5) is 0 Å². The van der Waals surface area contributed by atoms with Gasteiger partial charge >= 0.3 is 5.97 Å². The van der Waals surface area contributed by atoms with E-state index in [-0.39, 0.29) is 46.8 Å². The number of fused-ring (bicyclic) bond motifs is 2. The number of aliphatic hydroxyl groups excluding tert-OH is 1. The molecule has 4 fully saturated rings. The molecule has 2 N–H and O–H groups in total. The molecule has 6 nitrogen and oxygen atoms in total. The van der Waals surface area contributed by atoms with Crippen LogP contribution >= 0.6 is 0 Å². The van der Waals surface area contributed by atoms with E-state index in [0.29, 0.717) is 24.6 Å². The second kappa shape index (κ2) is 6.94. The third-order valence-corrected chi connectivity index (χ3v) is 8.44. The van der Waals surface area contributed by atoms with Crippen LogP contribution in [0.3, 0.4) is 0 Å². The van der Waals surface area contributed by atoms with Crippen molar-refractivity contribution < 1.29 is 24.5 Å². The molecule has 30 heavy (non-hydrogen) atoms. The first kappa shape index (κ1) is 20.3. The highest BCUT2D eigenvalue weighted by Gasteiger charge is 2.78. The van der Waals surface area contributed by atoms with Crippen molar-refractivity contribution in [3.8, 4) is 5.75 Å². The number of ether oxygens (including phenoxy) is 2. The number of benzene rings is 1. The van der Waals surface area contributed by atoms with E-state index < -0.39 is 6.10 Å². The van der Waals surface area contributed by atoms with Crippen LogP contribution in [-0.4, -0.2) is 59.0 Å². The molecule has 2 aliphatic heterocycles. The molecule has 8 unspecified atom stereocenters. The normalized spacial score (nSPS) is 42.8. The predicted molar refractivity (Wildman–Crippen MR) is 111 cm³/mol. The molecule has 1 aromatic carbocycles. The number of rotatable bonds is 5. The molecule has 2 saturated heterocycles. The summed E-state index contributed by atoms with van der Waals surface area (Å²) < 4.78 is 12.4. The first-order chi connectivity index (χ1) is 14.2.